The van der Waals surface area contributed by atoms with E-state index >= 15 is 0 Å². The molecule has 1 aliphatic heterocycles. The summed E-state index contributed by atoms with van der Waals surface area (Å²) in [5, 5.41) is 57.3. The highest BCUT2D eigenvalue weighted by atomic mass is 16.7. The van der Waals surface area contributed by atoms with E-state index in [4.69, 9.17) is 14.2 Å². The first kappa shape index (κ1) is 81.2. The first-order valence-corrected chi connectivity index (χ1v) is 37.1. The van der Waals surface area contributed by atoms with Crippen molar-refractivity contribution in [3.8, 4) is 0 Å². The molecule has 0 bridgehead atoms. The number of hydrogen-bond donors (Lipinski definition) is 6. The average molecular weight is 1200 g/mol. The summed E-state index contributed by atoms with van der Waals surface area (Å²) < 4.78 is 17.7. The van der Waals surface area contributed by atoms with Gasteiger partial charge >= 0.3 is 5.97 Å². The maximum atomic E-state index is 13.5. The van der Waals surface area contributed by atoms with E-state index in [2.05, 4.69) is 38.2 Å². The standard InChI is InChI=1S/C74H141NO10/c1-4-7-10-13-16-19-22-25-27-29-30-31-32-33-34-35-36-37-39-40-43-46-49-52-55-58-61-67(78)73(82)75-65(66(77)60-57-54-51-48-45-42-24-21-18-15-12-9-6-3)64-83-74-72(71(81)70(80)68(63-76)84-74)85-69(79)62-59-56-53-50-47-44-41-38-28-26-23-20-17-14-11-8-5-2/h26,28,57,60,65-68,70-72,74,76-78,80-81H,4-25,27,29-56,58-59,61-64H2,1-3H3,(H,75,82)/b28-26+,60-57+. The number of unbranched alkanes of at least 4 members (excludes halogenated alkanes) is 49. The number of rotatable bonds is 65. The molecule has 0 spiro atoms. The Labute approximate surface area is 524 Å². The van der Waals surface area contributed by atoms with Gasteiger partial charge in [-0.3, -0.25) is 9.59 Å². The molecular weight excluding hydrogens is 1060 g/mol. The molecule has 0 saturated carbocycles. The van der Waals surface area contributed by atoms with Crippen molar-refractivity contribution in [2.45, 2.75) is 423 Å². The maximum Gasteiger partial charge on any atom is 0.306 e. The van der Waals surface area contributed by atoms with Gasteiger partial charge in [-0.1, -0.05) is 340 Å². The van der Waals surface area contributed by atoms with Gasteiger partial charge in [-0.15, -0.1) is 0 Å². The first-order chi connectivity index (χ1) is 41.7. The number of allylic oxidation sites excluding steroid dienone is 3. The zero-order valence-corrected chi connectivity index (χ0v) is 56.0. The molecule has 1 rings (SSSR count). The van der Waals surface area contributed by atoms with Crippen LogP contribution in [0.4, 0.5) is 0 Å². The molecule has 0 radical (unpaired) electrons. The fraction of sp³-hybridized carbons (Fsp3) is 0.919. The number of ether oxygens (including phenoxy) is 3. The Morgan fingerprint density at radius 1 is 0.447 bits per heavy atom. The molecule has 1 heterocycles. The first-order valence-electron chi connectivity index (χ1n) is 37.1. The van der Waals surface area contributed by atoms with Crippen LogP contribution in [-0.2, 0) is 23.8 Å². The Morgan fingerprint density at radius 2 is 0.776 bits per heavy atom. The minimum absolute atomic E-state index is 0.123. The number of esters is 1. The van der Waals surface area contributed by atoms with Crippen molar-refractivity contribution < 1.29 is 49.3 Å². The molecule has 6 N–H and O–H groups in total. The van der Waals surface area contributed by atoms with Crippen LogP contribution in [0.2, 0.25) is 0 Å². The minimum Gasteiger partial charge on any atom is -0.454 e. The number of amides is 1. The van der Waals surface area contributed by atoms with Gasteiger partial charge in [0.1, 0.15) is 24.4 Å². The van der Waals surface area contributed by atoms with Crippen molar-refractivity contribution in [3.63, 3.8) is 0 Å². The minimum atomic E-state index is -1.61. The summed E-state index contributed by atoms with van der Waals surface area (Å²) in [7, 11) is 0. The molecule has 1 fully saturated rings. The quantitative estimate of drug-likeness (QED) is 0.0195. The Hall–Kier alpha value is -1.86. The van der Waals surface area contributed by atoms with Crippen molar-refractivity contribution in [1.82, 2.24) is 5.32 Å². The SMILES string of the molecule is CCCCCCCC/C=C/CCCCCCCCCC(=O)OC1C(OCC(NC(=O)C(O)CCCCCCCCCCCCCCCCCCCCCCCCCCCC)C(O)/C=C/CCCCCCCCCCCCC)OC(CO)C(O)C1O. The van der Waals surface area contributed by atoms with Gasteiger partial charge in [0.15, 0.2) is 12.4 Å². The summed E-state index contributed by atoms with van der Waals surface area (Å²) in [5.74, 6) is -1.18. The van der Waals surface area contributed by atoms with Crippen LogP contribution < -0.4 is 5.32 Å². The topological polar surface area (TPSA) is 175 Å². The van der Waals surface area contributed by atoms with Crippen molar-refractivity contribution in [3.05, 3.63) is 24.3 Å². The molecule has 1 aliphatic rings. The maximum absolute atomic E-state index is 13.5. The lowest BCUT2D eigenvalue weighted by Crippen LogP contribution is -2.61. The number of carbonyl (C=O) groups is 2. The van der Waals surface area contributed by atoms with Gasteiger partial charge in [-0.25, -0.2) is 0 Å². The third-order valence-electron chi connectivity index (χ3n) is 17.9. The van der Waals surface area contributed by atoms with Gasteiger partial charge in [0.25, 0.3) is 0 Å². The number of carbonyl (C=O) groups excluding carboxylic acids is 2. The summed E-state index contributed by atoms with van der Waals surface area (Å²) in [4.78, 5) is 26.7. The number of hydrogen-bond acceptors (Lipinski definition) is 10. The summed E-state index contributed by atoms with van der Waals surface area (Å²) >= 11 is 0. The average Bonchev–Trinajstić information content (AvgIpc) is 3.16. The number of aliphatic hydroxyl groups is 5. The molecule has 85 heavy (non-hydrogen) atoms. The van der Waals surface area contributed by atoms with E-state index in [0.717, 1.165) is 70.6 Å². The molecule has 0 aliphatic carbocycles. The molecule has 1 saturated heterocycles. The molecule has 0 aromatic carbocycles. The lowest BCUT2D eigenvalue weighted by Gasteiger charge is -2.41. The van der Waals surface area contributed by atoms with Crippen LogP contribution >= 0.6 is 0 Å². The van der Waals surface area contributed by atoms with Gasteiger partial charge < -0.3 is 45.1 Å². The van der Waals surface area contributed by atoms with E-state index in [0.29, 0.717) is 19.3 Å². The highest BCUT2D eigenvalue weighted by molar-refractivity contribution is 5.80. The predicted octanol–water partition coefficient (Wildman–Crippen LogP) is 19.2. The van der Waals surface area contributed by atoms with Crippen LogP contribution in [0.3, 0.4) is 0 Å². The molecule has 8 unspecified atom stereocenters. The fourth-order valence-electron chi connectivity index (χ4n) is 12.0. The van der Waals surface area contributed by atoms with Gasteiger partial charge in [0, 0.05) is 6.42 Å². The third-order valence-corrected chi connectivity index (χ3v) is 17.9. The zero-order chi connectivity index (χ0) is 61.7. The molecule has 8 atom stereocenters. The van der Waals surface area contributed by atoms with Gasteiger partial charge in [0.05, 0.1) is 25.4 Å². The van der Waals surface area contributed by atoms with E-state index in [1.165, 1.54) is 257 Å². The van der Waals surface area contributed by atoms with E-state index in [1.807, 2.05) is 6.08 Å². The second-order valence-electron chi connectivity index (χ2n) is 26.0. The highest BCUT2D eigenvalue weighted by Gasteiger charge is 2.47. The van der Waals surface area contributed by atoms with Crippen LogP contribution in [-0.4, -0.2) is 99.6 Å². The molecule has 1 amide bonds. The second-order valence-corrected chi connectivity index (χ2v) is 26.0. The predicted molar refractivity (Wildman–Crippen MR) is 357 cm³/mol. The highest BCUT2D eigenvalue weighted by Crippen LogP contribution is 2.27. The summed E-state index contributed by atoms with van der Waals surface area (Å²) in [6, 6.07) is -1.02. The third kappa shape index (κ3) is 49.6. The second kappa shape index (κ2) is 62.3. The fourth-order valence-corrected chi connectivity index (χ4v) is 12.0. The summed E-state index contributed by atoms with van der Waals surface area (Å²) in [6.07, 6.45) is 65.2. The number of aliphatic hydroxyl groups excluding tert-OH is 5. The normalized spacial score (nSPS) is 18.4. The van der Waals surface area contributed by atoms with Crippen LogP contribution in [0.15, 0.2) is 24.3 Å². The smallest absolute Gasteiger partial charge is 0.306 e. The Balaban J connectivity index is 2.54. The van der Waals surface area contributed by atoms with Crippen molar-refractivity contribution in [2.75, 3.05) is 13.2 Å². The van der Waals surface area contributed by atoms with E-state index in [1.54, 1.807) is 6.08 Å². The lowest BCUT2D eigenvalue weighted by atomic mass is 9.99. The molecule has 11 nitrogen and oxygen atoms in total. The Bertz CT molecular complexity index is 1480. The summed E-state index contributed by atoms with van der Waals surface area (Å²) in [5.41, 5.74) is 0. The largest absolute Gasteiger partial charge is 0.454 e. The molecule has 0 aromatic rings. The van der Waals surface area contributed by atoms with Crippen molar-refractivity contribution in [2.24, 2.45) is 0 Å². The number of nitrogens with one attached hydrogen (secondary N) is 1. The van der Waals surface area contributed by atoms with Crippen LogP contribution in [0, 0.1) is 0 Å². The van der Waals surface area contributed by atoms with E-state index in [-0.39, 0.29) is 13.0 Å². The monoisotopic (exact) mass is 1200 g/mol. The zero-order valence-electron chi connectivity index (χ0n) is 56.0. The molecule has 11 heteroatoms. The van der Waals surface area contributed by atoms with E-state index in [9.17, 15) is 35.1 Å². The Morgan fingerprint density at radius 3 is 1.14 bits per heavy atom. The molecule has 502 valence electrons. The lowest BCUT2D eigenvalue weighted by molar-refractivity contribution is -0.305. The summed E-state index contributed by atoms with van der Waals surface area (Å²) in [6.45, 7) is 5.85. The Kier molecular flexibility index (Phi) is 59.5. The van der Waals surface area contributed by atoms with Crippen LogP contribution in [0.1, 0.15) is 374 Å². The molecular formula is C74H141NO10. The van der Waals surface area contributed by atoms with Gasteiger partial charge in [-0.2, -0.15) is 0 Å². The van der Waals surface area contributed by atoms with Gasteiger partial charge in [0.2, 0.25) is 5.91 Å². The van der Waals surface area contributed by atoms with Gasteiger partial charge in [-0.05, 0) is 51.4 Å². The van der Waals surface area contributed by atoms with Crippen molar-refractivity contribution >= 4 is 11.9 Å². The van der Waals surface area contributed by atoms with Crippen LogP contribution in [0.5, 0.6) is 0 Å². The van der Waals surface area contributed by atoms with Crippen molar-refractivity contribution in [1.29, 1.82) is 0 Å². The molecule has 0 aromatic heterocycles. The van der Waals surface area contributed by atoms with E-state index < -0.39 is 67.4 Å². The van der Waals surface area contributed by atoms with Crippen LogP contribution in [0.25, 0.3) is 0 Å².